The smallest absolute Gasteiger partial charge is 0.204 e. The van der Waals surface area contributed by atoms with Crippen LogP contribution in [0.5, 0.6) is 0 Å². The predicted molar refractivity (Wildman–Crippen MR) is 154 cm³/mol. The van der Waals surface area contributed by atoms with Crippen molar-refractivity contribution in [3.63, 3.8) is 0 Å². The zero-order valence-electron chi connectivity index (χ0n) is 23.1. The SMILES string of the molecule is CCn1c(N)c(-c2nccn2COCCCCCCCCCCCC(C)(C)C)c(=O)c2ccc(Cl)nc21. The summed E-state index contributed by atoms with van der Waals surface area (Å²) in [6.07, 6.45) is 16.3. The summed E-state index contributed by atoms with van der Waals surface area (Å²) in [5.74, 6) is 0.834. The van der Waals surface area contributed by atoms with Crippen LogP contribution in [0.15, 0.2) is 29.3 Å². The van der Waals surface area contributed by atoms with Crippen molar-refractivity contribution >= 4 is 28.5 Å². The first-order chi connectivity index (χ1) is 17.7. The summed E-state index contributed by atoms with van der Waals surface area (Å²) in [4.78, 5) is 22.1. The van der Waals surface area contributed by atoms with Crippen LogP contribution in [0.2, 0.25) is 5.15 Å². The second kappa shape index (κ2) is 14.0. The monoisotopic (exact) mass is 529 g/mol. The number of rotatable bonds is 15. The lowest BCUT2D eigenvalue weighted by Gasteiger charge is -2.17. The van der Waals surface area contributed by atoms with Gasteiger partial charge in [-0.25, -0.2) is 9.97 Å². The highest BCUT2D eigenvalue weighted by atomic mass is 35.5. The van der Waals surface area contributed by atoms with Gasteiger partial charge in [0.05, 0.1) is 5.39 Å². The van der Waals surface area contributed by atoms with Crippen LogP contribution in [-0.4, -0.2) is 25.7 Å². The number of pyridine rings is 2. The van der Waals surface area contributed by atoms with Crippen LogP contribution < -0.4 is 11.2 Å². The maximum Gasteiger partial charge on any atom is 0.204 e. The van der Waals surface area contributed by atoms with Gasteiger partial charge in [-0.3, -0.25) is 4.79 Å². The number of halogens is 1. The molecule has 204 valence electrons. The normalized spacial score (nSPS) is 12.0. The number of aromatic nitrogens is 4. The molecule has 0 radical (unpaired) electrons. The minimum atomic E-state index is -0.206. The first kappa shape index (κ1) is 29.2. The fraction of sp³-hybridized carbons (Fsp3) is 0.621. The standard InChI is InChI=1S/C29H44ClN5O2/c1-5-35-26(31)24(25(36)22-15-16-23(30)33-27(22)35)28-32-18-19-34(28)21-37-20-14-12-10-8-6-7-9-11-13-17-29(2,3)4/h15-16,18-19H,5-14,17,20-21,31H2,1-4H3. The van der Waals surface area contributed by atoms with Gasteiger partial charge in [-0.15, -0.1) is 0 Å². The van der Waals surface area contributed by atoms with E-state index in [0.717, 1.165) is 6.42 Å². The Morgan fingerprint density at radius 2 is 1.65 bits per heavy atom. The Bertz CT molecular complexity index is 1200. The van der Waals surface area contributed by atoms with Gasteiger partial charge < -0.3 is 19.6 Å². The topological polar surface area (TPSA) is 88.0 Å². The van der Waals surface area contributed by atoms with Gasteiger partial charge in [0.15, 0.2) is 0 Å². The molecule has 2 N–H and O–H groups in total. The summed E-state index contributed by atoms with van der Waals surface area (Å²) in [6, 6.07) is 3.31. The maximum absolute atomic E-state index is 13.3. The Hall–Kier alpha value is -2.38. The Morgan fingerprint density at radius 3 is 2.30 bits per heavy atom. The average Bonchev–Trinajstić information content (AvgIpc) is 3.29. The molecule has 3 heterocycles. The summed E-state index contributed by atoms with van der Waals surface area (Å²) in [6.45, 7) is 10.5. The minimum Gasteiger partial charge on any atom is -0.384 e. The zero-order valence-corrected chi connectivity index (χ0v) is 23.8. The van der Waals surface area contributed by atoms with Gasteiger partial charge in [-0.05, 0) is 37.3 Å². The van der Waals surface area contributed by atoms with Gasteiger partial charge >= 0.3 is 0 Å². The molecule has 8 heteroatoms. The molecule has 0 aliphatic carbocycles. The van der Waals surface area contributed by atoms with Crippen molar-refractivity contribution in [2.45, 2.75) is 105 Å². The Morgan fingerprint density at radius 1 is 1.00 bits per heavy atom. The number of aryl methyl sites for hydroxylation is 1. The molecular formula is C29H44ClN5O2. The number of nitrogens with zero attached hydrogens (tertiary/aromatic N) is 4. The third-order valence-electron chi connectivity index (χ3n) is 6.82. The molecule has 0 spiro atoms. The number of hydrogen-bond acceptors (Lipinski definition) is 5. The highest BCUT2D eigenvalue weighted by molar-refractivity contribution is 6.29. The molecule has 0 unspecified atom stereocenters. The number of anilines is 1. The van der Waals surface area contributed by atoms with Gasteiger partial charge in [0.2, 0.25) is 5.43 Å². The third-order valence-corrected chi connectivity index (χ3v) is 7.03. The van der Waals surface area contributed by atoms with E-state index in [2.05, 4.69) is 30.7 Å². The highest BCUT2D eigenvalue weighted by Gasteiger charge is 2.20. The summed E-state index contributed by atoms with van der Waals surface area (Å²) >= 11 is 6.07. The van der Waals surface area contributed by atoms with Crippen LogP contribution in [0.25, 0.3) is 22.4 Å². The van der Waals surface area contributed by atoms with E-state index in [1.807, 2.05) is 17.7 Å². The third kappa shape index (κ3) is 8.30. The Kier molecular flexibility index (Phi) is 11.0. The fourth-order valence-corrected chi connectivity index (χ4v) is 4.89. The molecule has 0 aliphatic rings. The first-order valence-corrected chi connectivity index (χ1v) is 14.2. The van der Waals surface area contributed by atoms with Crippen molar-refractivity contribution < 1.29 is 4.74 Å². The number of imidazole rings is 1. The van der Waals surface area contributed by atoms with Crippen LogP contribution in [0.1, 0.15) is 91.9 Å². The van der Waals surface area contributed by atoms with E-state index in [0.29, 0.717) is 58.7 Å². The van der Waals surface area contributed by atoms with Gasteiger partial charge in [-0.2, -0.15) is 0 Å². The molecular weight excluding hydrogens is 486 g/mol. The molecule has 3 rings (SSSR count). The van der Waals surface area contributed by atoms with Gasteiger partial charge in [0.25, 0.3) is 0 Å². The van der Waals surface area contributed by atoms with Crippen LogP contribution in [0.4, 0.5) is 5.82 Å². The van der Waals surface area contributed by atoms with Crippen molar-refractivity contribution in [2.75, 3.05) is 12.3 Å². The largest absolute Gasteiger partial charge is 0.384 e. The van der Waals surface area contributed by atoms with E-state index in [9.17, 15) is 4.79 Å². The van der Waals surface area contributed by atoms with Crippen molar-refractivity contribution in [2.24, 2.45) is 5.41 Å². The van der Waals surface area contributed by atoms with Crippen molar-refractivity contribution in [1.29, 1.82) is 0 Å². The second-order valence-electron chi connectivity index (χ2n) is 11.1. The second-order valence-corrected chi connectivity index (χ2v) is 11.5. The lowest BCUT2D eigenvalue weighted by Crippen LogP contribution is -2.20. The summed E-state index contributed by atoms with van der Waals surface area (Å²) in [5.41, 5.74) is 7.55. The highest BCUT2D eigenvalue weighted by Crippen LogP contribution is 2.26. The van der Waals surface area contributed by atoms with Crippen LogP contribution in [-0.2, 0) is 18.0 Å². The molecule has 0 aliphatic heterocycles. The van der Waals surface area contributed by atoms with Crippen molar-refractivity contribution in [3.8, 4) is 11.4 Å². The first-order valence-electron chi connectivity index (χ1n) is 13.8. The lowest BCUT2D eigenvalue weighted by atomic mass is 9.89. The lowest BCUT2D eigenvalue weighted by molar-refractivity contribution is 0.0748. The number of unbranched alkanes of at least 4 members (excludes halogenated alkanes) is 8. The van der Waals surface area contributed by atoms with E-state index in [1.165, 1.54) is 57.8 Å². The molecule has 0 fully saturated rings. The summed E-state index contributed by atoms with van der Waals surface area (Å²) in [5, 5.41) is 0.790. The number of hydrogen-bond donors (Lipinski definition) is 1. The molecule has 37 heavy (non-hydrogen) atoms. The molecule has 0 saturated carbocycles. The van der Waals surface area contributed by atoms with E-state index >= 15 is 0 Å². The van der Waals surface area contributed by atoms with E-state index in [1.54, 1.807) is 22.9 Å². The molecule has 7 nitrogen and oxygen atoms in total. The number of fused-ring (bicyclic) bond motifs is 1. The molecule has 3 aromatic heterocycles. The van der Waals surface area contributed by atoms with Crippen LogP contribution >= 0.6 is 11.6 Å². The molecule has 3 aromatic rings. The number of nitrogens with two attached hydrogens (primary N) is 1. The predicted octanol–water partition coefficient (Wildman–Crippen LogP) is 7.44. The van der Waals surface area contributed by atoms with E-state index < -0.39 is 0 Å². The fourth-order valence-electron chi connectivity index (χ4n) is 4.75. The zero-order chi connectivity index (χ0) is 26.8. The van der Waals surface area contributed by atoms with E-state index in [4.69, 9.17) is 22.1 Å². The average molecular weight is 530 g/mol. The molecule has 0 bridgehead atoms. The maximum atomic E-state index is 13.3. The van der Waals surface area contributed by atoms with Gasteiger partial charge in [-0.1, -0.05) is 83.7 Å². The van der Waals surface area contributed by atoms with Gasteiger partial charge in [0, 0.05) is 25.5 Å². The van der Waals surface area contributed by atoms with Gasteiger partial charge in [0.1, 0.15) is 34.7 Å². The van der Waals surface area contributed by atoms with E-state index in [-0.39, 0.29) is 5.43 Å². The Labute approximate surface area is 226 Å². The van der Waals surface area contributed by atoms with Crippen LogP contribution in [0.3, 0.4) is 0 Å². The quantitative estimate of drug-likeness (QED) is 0.163. The molecule has 0 atom stereocenters. The number of ether oxygens (including phenoxy) is 1. The Balaban J connectivity index is 1.44. The number of nitrogen functional groups attached to an aromatic ring is 1. The van der Waals surface area contributed by atoms with Crippen LogP contribution in [0, 0.1) is 5.41 Å². The summed E-state index contributed by atoms with van der Waals surface area (Å²) < 4.78 is 9.55. The minimum absolute atomic E-state index is 0.206. The summed E-state index contributed by atoms with van der Waals surface area (Å²) in [7, 11) is 0. The van der Waals surface area contributed by atoms with Crippen molar-refractivity contribution in [1.82, 2.24) is 19.1 Å². The molecule has 0 saturated heterocycles. The molecule has 0 aromatic carbocycles. The molecule has 0 amide bonds. The van der Waals surface area contributed by atoms with Crippen molar-refractivity contribution in [3.05, 3.63) is 39.9 Å².